The van der Waals surface area contributed by atoms with E-state index in [4.69, 9.17) is 9.47 Å². The number of ether oxygens (including phenoxy) is 2. The van der Waals surface area contributed by atoms with Crippen LogP contribution in [-0.4, -0.2) is 24.1 Å². The van der Waals surface area contributed by atoms with Crippen LogP contribution in [0.3, 0.4) is 0 Å². The van der Waals surface area contributed by atoms with Gasteiger partial charge in [0.25, 0.3) is 5.91 Å². The van der Waals surface area contributed by atoms with Gasteiger partial charge in [-0.05, 0) is 55.0 Å². The number of nitrogens with one attached hydrogen (secondary N) is 1. The van der Waals surface area contributed by atoms with Gasteiger partial charge in [-0.3, -0.25) is 4.79 Å². The van der Waals surface area contributed by atoms with Crippen molar-refractivity contribution in [3.05, 3.63) is 131 Å². The number of carbonyl (C=O) groups is 3. The second-order valence-electron chi connectivity index (χ2n) is 7.72. The van der Waals surface area contributed by atoms with Crippen molar-refractivity contribution in [2.45, 2.75) is 6.92 Å². The summed E-state index contributed by atoms with van der Waals surface area (Å²) in [6, 6.07) is 28.7. The first-order valence-corrected chi connectivity index (χ1v) is 11.1. The quantitative estimate of drug-likeness (QED) is 0.171. The zero-order valence-corrected chi connectivity index (χ0v) is 19.4. The van der Waals surface area contributed by atoms with Crippen molar-refractivity contribution in [1.82, 2.24) is 5.43 Å². The Hall–Kier alpha value is -5.04. The van der Waals surface area contributed by atoms with E-state index in [0.717, 1.165) is 5.56 Å². The predicted molar refractivity (Wildman–Crippen MR) is 135 cm³/mol. The van der Waals surface area contributed by atoms with Crippen LogP contribution in [0, 0.1) is 6.92 Å². The number of carbonyl (C=O) groups excluding carboxylic acids is 3. The highest BCUT2D eigenvalue weighted by molar-refractivity contribution is 5.97. The standard InChI is InChI=1S/C29H22N2O5/c1-20-10-8-9-15-25(20)27(32)31-30-19-23-16-17-24(35-28(33)21-11-4-2-5-12-21)18-26(23)36-29(34)22-13-6-3-7-14-22/h2-19H,1H3,(H,31,32)/b30-19+. The molecule has 0 fully saturated rings. The summed E-state index contributed by atoms with van der Waals surface area (Å²) in [5.41, 5.74) is 4.90. The molecule has 1 N–H and O–H groups in total. The molecule has 0 aliphatic heterocycles. The topological polar surface area (TPSA) is 94.1 Å². The van der Waals surface area contributed by atoms with Crippen molar-refractivity contribution in [2.75, 3.05) is 0 Å². The molecule has 0 atom stereocenters. The molecule has 0 unspecified atom stereocenters. The molecular weight excluding hydrogens is 456 g/mol. The van der Waals surface area contributed by atoms with E-state index in [-0.39, 0.29) is 17.4 Å². The van der Waals surface area contributed by atoms with Crippen LogP contribution in [0.1, 0.15) is 42.2 Å². The lowest BCUT2D eigenvalue weighted by atomic mass is 10.1. The third-order valence-electron chi connectivity index (χ3n) is 5.18. The van der Waals surface area contributed by atoms with Crippen LogP contribution in [0.5, 0.6) is 11.5 Å². The van der Waals surface area contributed by atoms with E-state index < -0.39 is 11.9 Å². The van der Waals surface area contributed by atoms with Crippen molar-refractivity contribution in [2.24, 2.45) is 5.10 Å². The third-order valence-corrected chi connectivity index (χ3v) is 5.18. The van der Waals surface area contributed by atoms with E-state index >= 15 is 0 Å². The molecule has 0 saturated heterocycles. The van der Waals surface area contributed by atoms with Crippen LogP contribution in [-0.2, 0) is 0 Å². The number of benzene rings is 4. The number of hydrogen-bond acceptors (Lipinski definition) is 6. The highest BCUT2D eigenvalue weighted by Gasteiger charge is 2.15. The molecule has 1 amide bonds. The minimum atomic E-state index is -0.597. The second-order valence-corrected chi connectivity index (χ2v) is 7.72. The first-order valence-electron chi connectivity index (χ1n) is 11.1. The van der Waals surface area contributed by atoms with Gasteiger partial charge < -0.3 is 9.47 Å². The zero-order chi connectivity index (χ0) is 25.3. The molecule has 178 valence electrons. The Balaban J connectivity index is 1.56. The average Bonchev–Trinajstić information content (AvgIpc) is 2.91. The SMILES string of the molecule is Cc1ccccc1C(=O)N/N=C/c1ccc(OC(=O)c2ccccc2)cc1OC(=O)c1ccccc1. The molecule has 0 spiro atoms. The first kappa shape index (κ1) is 24.1. The van der Waals surface area contributed by atoms with Gasteiger partial charge in [0.15, 0.2) is 0 Å². The normalized spacial score (nSPS) is 10.6. The van der Waals surface area contributed by atoms with Crippen molar-refractivity contribution in [1.29, 1.82) is 0 Å². The van der Waals surface area contributed by atoms with E-state index in [1.807, 2.05) is 19.1 Å². The van der Waals surface area contributed by atoms with Gasteiger partial charge in [0.2, 0.25) is 0 Å². The maximum atomic E-state index is 12.7. The molecule has 36 heavy (non-hydrogen) atoms. The van der Waals surface area contributed by atoms with E-state index in [2.05, 4.69) is 10.5 Å². The third kappa shape index (κ3) is 6.09. The van der Waals surface area contributed by atoms with Gasteiger partial charge in [0.1, 0.15) is 11.5 Å². The number of esters is 2. The summed E-state index contributed by atoms with van der Waals surface area (Å²) in [4.78, 5) is 37.6. The summed E-state index contributed by atoms with van der Waals surface area (Å²) in [6.45, 7) is 1.83. The van der Waals surface area contributed by atoms with Crippen LogP contribution < -0.4 is 14.9 Å². The van der Waals surface area contributed by atoms with E-state index in [1.165, 1.54) is 12.3 Å². The summed E-state index contributed by atoms with van der Waals surface area (Å²) < 4.78 is 11.0. The minimum absolute atomic E-state index is 0.108. The van der Waals surface area contributed by atoms with Gasteiger partial charge in [-0.1, -0.05) is 54.6 Å². The van der Waals surface area contributed by atoms with Crippen LogP contribution in [0.25, 0.3) is 0 Å². The summed E-state index contributed by atoms with van der Waals surface area (Å²) in [5.74, 6) is -1.24. The molecule has 4 rings (SSSR count). The minimum Gasteiger partial charge on any atom is -0.423 e. The molecule has 7 heteroatoms. The fourth-order valence-corrected chi connectivity index (χ4v) is 3.29. The number of aryl methyl sites for hydroxylation is 1. The molecule has 0 heterocycles. The molecule has 0 bridgehead atoms. The largest absolute Gasteiger partial charge is 0.423 e. The lowest BCUT2D eigenvalue weighted by molar-refractivity contribution is 0.0732. The Bertz CT molecular complexity index is 1420. The van der Waals surface area contributed by atoms with E-state index in [0.29, 0.717) is 22.3 Å². The Morgan fingerprint density at radius 3 is 1.94 bits per heavy atom. The Morgan fingerprint density at radius 1 is 0.722 bits per heavy atom. The van der Waals surface area contributed by atoms with E-state index in [9.17, 15) is 14.4 Å². The first-order chi connectivity index (χ1) is 17.5. The molecular formula is C29H22N2O5. The number of rotatable bonds is 7. The second kappa shape index (κ2) is 11.4. The monoisotopic (exact) mass is 478 g/mol. The zero-order valence-electron chi connectivity index (χ0n) is 19.4. The van der Waals surface area contributed by atoms with Crippen LogP contribution in [0.15, 0.2) is 108 Å². The van der Waals surface area contributed by atoms with Gasteiger partial charge in [-0.2, -0.15) is 5.10 Å². The summed E-state index contributed by atoms with van der Waals surface area (Å²) in [6.07, 6.45) is 1.35. The number of amides is 1. The van der Waals surface area contributed by atoms with Gasteiger partial charge in [0.05, 0.1) is 17.3 Å². The maximum absolute atomic E-state index is 12.7. The highest BCUT2D eigenvalue weighted by Crippen LogP contribution is 2.26. The Labute approximate surface area is 208 Å². The van der Waals surface area contributed by atoms with Gasteiger partial charge >= 0.3 is 11.9 Å². The summed E-state index contributed by atoms with van der Waals surface area (Å²) >= 11 is 0. The van der Waals surface area contributed by atoms with Gasteiger partial charge in [-0.15, -0.1) is 0 Å². The van der Waals surface area contributed by atoms with Crippen molar-refractivity contribution in [3.8, 4) is 11.5 Å². The molecule has 0 saturated carbocycles. The Kier molecular flexibility index (Phi) is 7.63. The molecule has 0 aliphatic rings. The molecule has 0 radical (unpaired) electrons. The fraction of sp³-hybridized carbons (Fsp3) is 0.0345. The van der Waals surface area contributed by atoms with Crippen molar-refractivity contribution in [3.63, 3.8) is 0 Å². The smallest absolute Gasteiger partial charge is 0.343 e. The summed E-state index contributed by atoms with van der Waals surface area (Å²) in [5, 5.41) is 4.01. The number of nitrogens with zero attached hydrogens (tertiary/aromatic N) is 1. The lowest BCUT2D eigenvalue weighted by Crippen LogP contribution is -2.18. The number of hydrogen-bond donors (Lipinski definition) is 1. The van der Waals surface area contributed by atoms with Crippen LogP contribution in [0.4, 0.5) is 0 Å². The molecule has 0 aliphatic carbocycles. The van der Waals surface area contributed by atoms with Crippen molar-refractivity contribution >= 4 is 24.1 Å². The Morgan fingerprint density at radius 2 is 1.31 bits per heavy atom. The fourth-order valence-electron chi connectivity index (χ4n) is 3.29. The molecule has 4 aromatic carbocycles. The molecule has 0 aromatic heterocycles. The summed E-state index contributed by atoms with van der Waals surface area (Å²) in [7, 11) is 0. The van der Waals surface area contributed by atoms with Crippen molar-refractivity contribution < 1.29 is 23.9 Å². The van der Waals surface area contributed by atoms with Crippen LogP contribution >= 0.6 is 0 Å². The van der Waals surface area contributed by atoms with Gasteiger partial charge in [-0.25, -0.2) is 15.0 Å². The lowest BCUT2D eigenvalue weighted by Gasteiger charge is -2.11. The molecule has 7 nitrogen and oxygen atoms in total. The number of hydrazone groups is 1. The predicted octanol–water partition coefficient (Wildman–Crippen LogP) is 5.20. The van der Waals surface area contributed by atoms with Gasteiger partial charge in [0, 0.05) is 17.2 Å². The van der Waals surface area contributed by atoms with E-state index in [1.54, 1.807) is 84.9 Å². The maximum Gasteiger partial charge on any atom is 0.343 e. The highest BCUT2D eigenvalue weighted by atomic mass is 16.5. The van der Waals surface area contributed by atoms with Crippen LogP contribution in [0.2, 0.25) is 0 Å². The molecule has 4 aromatic rings. The average molecular weight is 479 g/mol.